The molecule has 3 atom stereocenters. The quantitative estimate of drug-likeness (QED) is 0.194. The molecule has 1 nitrogen and oxygen atoms in total. The number of hydrogen-bond acceptors (Lipinski definition) is 0. The molecule has 0 heterocycles. The van der Waals surface area contributed by atoms with E-state index >= 15 is 0 Å². The first-order valence-corrected chi connectivity index (χ1v) is 12.5. The zero-order valence-corrected chi connectivity index (χ0v) is 18.6. The third kappa shape index (κ3) is 7.91. The number of quaternary nitrogens is 1. The smallest absolute Gasteiger partial charge is 0.0917 e. The predicted molar refractivity (Wildman–Crippen MR) is 117 cm³/mol. The molecule has 2 saturated carbocycles. The molecule has 0 N–H and O–H groups in total. The van der Waals surface area contributed by atoms with Crippen LogP contribution >= 0.6 is 0 Å². The Balaban J connectivity index is 1.35. The largest absolute Gasteiger partial charge is 0.326 e. The summed E-state index contributed by atoms with van der Waals surface area (Å²) in [4.78, 5) is 0. The summed E-state index contributed by atoms with van der Waals surface area (Å²) in [6.07, 6.45) is 26.7. The van der Waals surface area contributed by atoms with Crippen molar-refractivity contribution in [2.24, 2.45) is 11.8 Å². The summed E-state index contributed by atoms with van der Waals surface area (Å²) in [5, 5.41) is 0. The maximum atomic E-state index is 2.52. The lowest BCUT2D eigenvalue weighted by Gasteiger charge is -2.40. The molecule has 3 unspecified atom stereocenters. The highest BCUT2D eigenvalue weighted by Crippen LogP contribution is 2.47. The summed E-state index contributed by atoms with van der Waals surface area (Å²) < 4.78 is 1.32. The molecule has 0 aromatic heterocycles. The van der Waals surface area contributed by atoms with E-state index in [0.29, 0.717) is 0 Å². The molecule has 0 amide bonds. The van der Waals surface area contributed by atoms with Crippen LogP contribution < -0.4 is 0 Å². The Labute approximate surface area is 165 Å². The van der Waals surface area contributed by atoms with Crippen molar-refractivity contribution in [1.29, 1.82) is 0 Å². The van der Waals surface area contributed by atoms with Gasteiger partial charge in [0.2, 0.25) is 0 Å². The molecule has 2 bridgehead atoms. The molecule has 0 aromatic carbocycles. The molecular weight excluding hydrogens is 314 g/mol. The summed E-state index contributed by atoms with van der Waals surface area (Å²) in [5.74, 6) is 2.17. The summed E-state index contributed by atoms with van der Waals surface area (Å²) in [6, 6.07) is 0.996. The van der Waals surface area contributed by atoms with E-state index < -0.39 is 0 Å². The molecule has 2 fully saturated rings. The molecule has 26 heavy (non-hydrogen) atoms. The molecule has 0 saturated heterocycles. The maximum absolute atomic E-state index is 2.52. The number of fused-ring (bicyclic) bond motifs is 2. The lowest BCUT2D eigenvalue weighted by Crippen LogP contribution is -2.51. The fourth-order valence-corrected chi connectivity index (χ4v) is 5.95. The molecule has 2 aliphatic carbocycles. The molecular formula is C25H50N+. The topological polar surface area (TPSA) is 0 Å². The second-order valence-electron chi connectivity index (χ2n) is 10.3. The van der Waals surface area contributed by atoms with Gasteiger partial charge in [0.1, 0.15) is 0 Å². The normalized spacial score (nSPS) is 25.3. The average Bonchev–Trinajstić information content (AvgIpc) is 3.26. The van der Waals surface area contributed by atoms with E-state index in [9.17, 15) is 0 Å². The van der Waals surface area contributed by atoms with Crippen LogP contribution in [0.2, 0.25) is 0 Å². The lowest BCUT2D eigenvalue weighted by molar-refractivity contribution is -0.918. The van der Waals surface area contributed by atoms with Crippen molar-refractivity contribution in [3.63, 3.8) is 0 Å². The van der Waals surface area contributed by atoms with E-state index in [-0.39, 0.29) is 0 Å². The van der Waals surface area contributed by atoms with Crippen molar-refractivity contribution in [2.75, 3.05) is 20.6 Å². The minimum Gasteiger partial charge on any atom is -0.326 e. The standard InChI is InChI=1S/C25H50N/c1-4-5-6-7-8-9-10-11-12-13-14-15-16-17-20-26(2,3)25-22-23-18-19-24(25)21-23/h23-25H,4-22H2,1-3H3/q+1. The van der Waals surface area contributed by atoms with E-state index in [1.165, 1.54) is 114 Å². The Bertz CT molecular complexity index is 348. The third-order valence-corrected chi connectivity index (χ3v) is 7.69. The minimum atomic E-state index is 0.996. The molecule has 154 valence electrons. The zero-order chi connectivity index (χ0) is 18.7. The zero-order valence-electron chi connectivity index (χ0n) is 18.6. The molecule has 0 spiro atoms. The van der Waals surface area contributed by atoms with Crippen LogP contribution in [0.15, 0.2) is 0 Å². The van der Waals surface area contributed by atoms with E-state index in [0.717, 1.165) is 17.9 Å². The van der Waals surface area contributed by atoms with E-state index in [1.807, 2.05) is 0 Å². The van der Waals surface area contributed by atoms with Crippen molar-refractivity contribution in [3.05, 3.63) is 0 Å². The van der Waals surface area contributed by atoms with Crippen LogP contribution in [-0.2, 0) is 0 Å². The Hall–Kier alpha value is -0.0400. The first-order valence-electron chi connectivity index (χ1n) is 12.5. The molecule has 0 aliphatic heterocycles. The van der Waals surface area contributed by atoms with Crippen LogP contribution in [0.5, 0.6) is 0 Å². The van der Waals surface area contributed by atoms with Crippen molar-refractivity contribution in [1.82, 2.24) is 0 Å². The SMILES string of the molecule is CCCCCCCCCCCCCCCC[N+](C)(C)C1CC2CCC1C2. The van der Waals surface area contributed by atoms with Gasteiger partial charge in [0, 0.05) is 12.3 Å². The summed E-state index contributed by atoms with van der Waals surface area (Å²) in [5.41, 5.74) is 0. The first kappa shape index (κ1) is 22.3. The van der Waals surface area contributed by atoms with Gasteiger partial charge in [-0.05, 0) is 38.0 Å². The number of nitrogens with zero attached hydrogens (tertiary/aromatic N) is 1. The second-order valence-corrected chi connectivity index (χ2v) is 10.3. The monoisotopic (exact) mass is 364 g/mol. The summed E-state index contributed by atoms with van der Waals surface area (Å²) in [7, 11) is 5.04. The molecule has 0 radical (unpaired) electrons. The van der Waals surface area contributed by atoms with Crippen molar-refractivity contribution >= 4 is 0 Å². The van der Waals surface area contributed by atoms with Gasteiger partial charge < -0.3 is 4.48 Å². The number of unbranched alkanes of at least 4 members (excludes halogenated alkanes) is 13. The Kier molecular flexibility index (Phi) is 10.6. The highest BCUT2D eigenvalue weighted by atomic mass is 15.3. The van der Waals surface area contributed by atoms with E-state index in [1.54, 1.807) is 12.8 Å². The van der Waals surface area contributed by atoms with Crippen LogP contribution in [0, 0.1) is 11.8 Å². The van der Waals surface area contributed by atoms with Crippen molar-refractivity contribution in [3.8, 4) is 0 Å². The van der Waals surface area contributed by atoms with Crippen LogP contribution in [0.1, 0.15) is 122 Å². The number of rotatable bonds is 16. The Morgan fingerprint density at radius 3 is 1.54 bits per heavy atom. The van der Waals surface area contributed by atoms with Crippen LogP contribution in [0.3, 0.4) is 0 Å². The maximum Gasteiger partial charge on any atom is 0.0917 e. The van der Waals surface area contributed by atoms with Gasteiger partial charge in [-0.3, -0.25) is 0 Å². The molecule has 2 rings (SSSR count). The van der Waals surface area contributed by atoms with Crippen molar-refractivity contribution in [2.45, 2.75) is 129 Å². The highest BCUT2D eigenvalue weighted by Gasteiger charge is 2.47. The Morgan fingerprint density at radius 1 is 0.615 bits per heavy atom. The lowest BCUT2D eigenvalue weighted by atomic mass is 9.92. The van der Waals surface area contributed by atoms with Gasteiger partial charge in [0.15, 0.2) is 0 Å². The highest BCUT2D eigenvalue weighted by molar-refractivity contribution is 4.91. The molecule has 1 heteroatoms. The van der Waals surface area contributed by atoms with E-state index in [4.69, 9.17) is 0 Å². The van der Waals surface area contributed by atoms with Crippen LogP contribution in [0.25, 0.3) is 0 Å². The van der Waals surface area contributed by atoms with Crippen molar-refractivity contribution < 1.29 is 4.48 Å². The van der Waals surface area contributed by atoms with Gasteiger partial charge in [0.25, 0.3) is 0 Å². The van der Waals surface area contributed by atoms with Gasteiger partial charge >= 0.3 is 0 Å². The fraction of sp³-hybridized carbons (Fsp3) is 1.00. The first-order chi connectivity index (χ1) is 12.6. The van der Waals surface area contributed by atoms with Gasteiger partial charge in [-0.25, -0.2) is 0 Å². The average molecular weight is 365 g/mol. The Morgan fingerprint density at radius 2 is 1.12 bits per heavy atom. The third-order valence-electron chi connectivity index (χ3n) is 7.69. The van der Waals surface area contributed by atoms with Crippen LogP contribution in [0.4, 0.5) is 0 Å². The second kappa shape index (κ2) is 12.4. The van der Waals surface area contributed by atoms with Gasteiger partial charge in [0.05, 0.1) is 26.7 Å². The summed E-state index contributed by atoms with van der Waals surface area (Å²) in [6.45, 7) is 3.73. The van der Waals surface area contributed by atoms with E-state index in [2.05, 4.69) is 21.0 Å². The summed E-state index contributed by atoms with van der Waals surface area (Å²) >= 11 is 0. The fourth-order valence-electron chi connectivity index (χ4n) is 5.95. The predicted octanol–water partition coefficient (Wildman–Crippen LogP) is 7.73. The molecule has 0 aromatic rings. The van der Waals surface area contributed by atoms with Crippen LogP contribution in [-0.4, -0.2) is 31.2 Å². The minimum absolute atomic E-state index is 0.996. The van der Waals surface area contributed by atoms with Gasteiger partial charge in [-0.2, -0.15) is 0 Å². The number of hydrogen-bond donors (Lipinski definition) is 0. The van der Waals surface area contributed by atoms with Gasteiger partial charge in [-0.15, -0.1) is 0 Å². The van der Waals surface area contributed by atoms with Gasteiger partial charge in [-0.1, -0.05) is 84.0 Å². The molecule has 2 aliphatic rings.